The molecule has 0 aliphatic rings. The van der Waals surface area contributed by atoms with Gasteiger partial charge in [0.05, 0.1) is 5.69 Å². The Hall–Kier alpha value is -2.05. The number of pyridine rings is 1. The van der Waals surface area contributed by atoms with Gasteiger partial charge in [-0.25, -0.2) is 9.97 Å². The number of aromatic nitrogens is 4. The van der Waals surface area contributed by atoms with Gasteiger partial charge in [0.15, 0.2) is 11.6 Å². The number of nitrogens with one attached hydrogen (secondary N) is 1. The number of alkyl halides is 2. The van der Waals surface area contributed by atoms with Gasteiger partial charge in [-0.3, -0.25) is 5.10 Å². The van der Waals surface area contributed by atoms with Crippen molar-refractivity contribution in [2.24, 2.45) is 0 Å². The van der Waals surface area contributed by atoms with Crippen molar-refractivity contribution in [2.45, 2.75) is 19.8 Å². The lowest BCUT2D eigenvalue weighted by Gasteiger charge is -2.04. The summed E-state index contributed by atoms with van der Waals surface area (Å²) in [6.45, 7) is 2.47. The van der Waals surface area contributed by atoms with Crippen LogP contribution in [-0.4, -0.2) is 20.2 Å². The third-order valence-electron chi connectivity index (χ3n) is 2.25. The molecule has 0 atom stereocenters. The third kappa shape index (κ3) is 2.22. The van der Waals surface area contributed by atoms with Crippen molar-refractivity contribution in [1.29, 1.82) is 0 Å². The van der Waals surface area contributed by atoms with E-state index in [2.05, 4.69) is 20.2 Å². The summed E-state index contributed by atoms with van der Waals surface area (Å²) in [5, 5.41) is 5.96. The maximum Gasteiger partial charge on any atom is 0.303 e. The van der Waals surface area contributed by atoms with E-state index < -0.39 is 11.7 Å². The Morgan fingerprint density at radius 1 is 1.29 bits per heavy atom. The maximum atomic E-state index is 13.0. The molecule has 0 unspecified atom stereocenters. The predicted octanol–water partition coefficient (Wildman–Crippen LogP) is 1.87. The van der Waals surface area contributed by atoms with E-state index in [-0.39, 0.29) is 5.82 Å². The van der Waals surface area contributed by atoms with Crippen LogP contribution in [0.5, 0.6) is 0 Å². The Balaban J connectivity index is 2.44. The summed E-state index contributed by atoms with van der Waals surface area (Å²) in [7, 11) is 0. The van der Waals surface area contributed by atoms with Crippen molar-refractivity contribution in [3.8, 4) is 11.4 Å². The second-order valence-electron chi connectivity index (χ2n) is 3.77. The molecular weight excluding hydrogens is 228 g/mol. The van der Waals surface area contributed by atoms with E-state index in [1.165, 1.54) is 0 Å². The van der Waals surface area contributed by atoms with Crippen LogP contribution in [0.4, 0.5) is 14.6 Å². The first-order valence-electron chi connectivity index (χ1n) is 4.92. The van der Waals surface area contributed by atoms with Gasteiger partial charge in [0.25, 0.3) is 0 Å². The summed E-state index contributed by atoms with van der Waals surface area (Å²) in [5.74, 6) is -2.96. The lowest BCUT2D eigenvalue weighted by molar-refractivity contribution is 0.00813. The number of nitrogens with zero attached hydrogens (tertiary/aromatic N) is 3. The molecular formula is C10H11F2N5. The van der Waals surface area contributed by atoms with Gasteiger partial charge in [0.1, 0.15) is 5.82 Å². The highest BCUT2D eigenvalue weighted by Crippen LogP contribution is 2.26. The maximum absolute atomic E-state index is 13.0. The van der Waals surface area contributed by atoms with Crippen molar-refractivity contribution < 1.29 is 8.78 Å². The van der Waals surface area contributed by atoms with Crippen LogP contribution in [0.25, 0.3) is 11.4 Å². The molecule has 2 rings (SSSR count). The number of aryl methyl sites for hydroxylation is 1. The van der Waals surface area contributed by atoms with Crippen LogP contribution < -0.4 is 5.73 Å². The Labute approximate surface area is 96.1 Å². The van der Waals surface area contributed by atoms with Crippen molar-refractivity contribution >= 4 is 5.82 Å². The number of rotatable bonds is 2. The predicted molar refractivity (Wildman–Crippen MR) is 58.3 cm³/mol. The zero-order chi connectivity index (χ0) is 12.6. The van der Waals surface area contributed by atoms with Gasteiger partial charge < -0.3 is 5.73 Å². The monoisotopic (exact) mass is 239 g/mol. The molecule has 3 N–H and O–H groups in total. The molecule has 0 amide bonds. The Bertz CT molecular complexity index is 544. The minimum Gasteiger partial charge on any atom is -0.384 e. The molecule has 2 aromatic heterocycles. The molecule has 0 aromatic carbocycles. The van der Waals surface area contributed by atoms with E-state index in [1.54, 1.807) is 19.1 Å². The lowest BCUT2D eigenvalue weighted by atomic mass is 10.2. The highest BCUT2D eigenvalue weighted by Gasteiger charge is 2.29. The van der Waals surface area contributed by atoms with E-state index in [0.29, 0.717) is 17.1 Å². The molecule has 0 saturated heterocycles. The van der Waals surface area contributed by atoms with Gasteiger partial charge in [-0.15, -0.1) is 0 Å². The smallest absolute Gasteiger partial charge is 0.303 e. The Morgan fingerprint density at radius 3 is 2.53 bits per heavy atom. The molecule has 17 heavy (non-hydrogen) atoms. The summed E-state index contributed by atoms with van der Waals surface area (Å²) in [4.78, 5) is 7.76. The van der Waals surface area contributed by atoms with Gasteiger partial charge in [0.2, 0.25) is 0 Å². The van der Waals surface area contributed by atoms with E-state index >= 15 is 0 Å². The van der Waals surface area contributed by atoms with Crippen LogP contribution in [0, 0.1) is 6.92 Å². The molecule has 0 fully saturated rings. The average molecular weight is 239 g/mol. The molecule has 0 radical (unpaired) electrons. The standard InChI is InChI=1S/C10H11F2N5/c1-5-6(3-4-7(13)14-5)8-15-9(17-16-8)10(2,11)12/h3-4H,1-2H3,(H2,13,14)(H,15,16,17). The molecule has 0 aliphatic carbocycles. The second-order valence-corrected chi connectivity index (χ2v) is 3.77. The first kappa shape index (κ1) is 11.4. The number of nitrogen functional groups attached to an aromatic ring is 1. The Morgan fingerprint density at radius 2 is 2.00 bits per heavy atom. The van der Waals surface area contributed by atoms with Gasteiger partial charge in [-0.2, -0.15) is 13.9 Å². The molecule has 0 saturated carbocycles. The number of hydrogen-bond donors (Lipinski definition) is 2. The molecule has 2 heterocycles. The normalized spacial score (nSPS) is 11.8. The molecule has 2 aromatic rings. The minimum absolute atomic E-state index is 0.187. The van der Waals surface area contributed by atoms with Crippen molar-refractivity contribution in [3.63, 3.8) is 0 Å². The van der Waals surface area contributed by atoms with Crippen molar-refractivity contribution in [3.05, 3.63) is 23.7 Å². The summed E-state index contributed by atoms with van der Waals surface area (Å²) >= 11 is 0. The number of nitrogens with two attached hydrogens (primary N) is 1. The first-order chi connectivity index (χ1) is 7.88. The average Bonchev–Trinajstić information content (AvgIpc) is 2.65. The van der Waals surface area contributed by atoms with Crippen LogP contribution in [0.2, 0.25) is 0 Å². The fraction of sp³-hybridized carbons (Fsp3) is 0.300. The zero-order valence-electron chi connectivity index (χ0n) is 9.33. The molecule has 0 aliphatic heterocycles. The number of hydrogen-bond acceptors (Lipinski definition) is 4. The summed E-state index contributed by atoms with van der Waals surface area (Å²) < 4.78 is 26.0. The van der Waals surface area contributed by atoms with Crippen LogP contribution in [0.1, 0.15) is 18.4 Å². The van der Waals surface area contributed by atoms with E-state index in [1.807, 2.05) is 0 Å². The minimum atomic E-state index is -3.04. The van der Waals surface area contributed by atoms with Crippen molar-refractivity contribution in [1.82, 2.24) is 20.2 Å². The third-order valence-corrected chi connectivity index (χ3v) is 2.25. The summed E-state index contributed by atoms with van der Waals surface area (Å²) in [6, 6.07) is 3.22. The van der Waals surface area contributed by atoms with Gasteiger partial charge in [-0.05, 0) is 19.1 Å². The van der Waals surface area contributed by atoms with Gasteiger partial charge >= 0.3 is 5.92 Å². The second kappa shape index (κ2) is 3.76. The van der Waals surface area contributed by atoms with E-state index in [4.69, 9.17) is 5.73 Å². The largest absolute Gasteiger partial charge is 0.384 e. The number of halogens is 2. The quantitative estimate of drug-likeness (QED) is 0.838. The molecule has 0 spiro atoms. The Kier molecular flexibility index (Phi) is 2.53. The molecule has 5 nitrogen and oxygen atoms in total. The fourth-order valence-corrected chi connectivity index (χ4v) is 1.40. The number of H-pyrrole nitrogens is 1. The number of anilines is 1. The van der Waals surface area contributed by atoms with E-state index in [9.17, 15) is 8.78 Å². The lowest BCUT2D eigenvalue weighted by Crippen LogP contribution is -2.09. The summed E-state index contributed by atoms with van der Waals surface area (Å²) in [5.41, 5.74) is 6.67. The number of aromatic amines is 1. The van der Waals surface area contributed by atoms with Crippen molar-refractivity contribution in [2.75, 3.05) is 5.73 Å². The molecule has 0 bridgehead atoms. The van der Waals surface area contributed by atoms with Gasteiger partial charge in [-0.1, -0.05) is 0 Å². The topological polar surface area (TPSA) is 80.5 Å². The highest BCUT2D eigenvalue weighted by atomic mass is 19.3. The molecule has 7 heteroatoms. The highest BCUT2D eigenvalue weighted by molar-refractivity contribution is 5.59. The van der Waals surface area contributed by atoms with E-state index in [0.717, 1.165) is 6.92 Å². The van der Waals surface area contributed by atoms with Crippen LogP contribution in [0.3, 0.4) is 0 Å². The fourth-order valence-electron chi connectivity index (χ4n) is 1.40. The summed E-state index contributed by atoms with van der Waals surface area (Å²) in [6.07, 6.45) is 0. The first-order valence-corrected chi connectivity index (χ1v) is 4.92. The SMILES string of the molecule is Cc1nc(N)ccc1-c1n[nH]c(C(C)(F)F)n1. The molecule has 90 valence electrons. The zero-order valence-corrected chi connectivity index (χ0v) is 9.33. The van der Waals surface area contributed by atoms with Crippen LogP contribution >= 0.6 is 0 Å². The van der Waals surface area contributed by atoms with Crippen LogP contribution in [0.15, 0.2) is 12.1 Å². The van der Waals surface area contributed by atoms with Crippen LogP contribution in [-0.2, 0) is 5.92 Å². The van der Waals surface area contributed by atoms with Gasteiger partial charge in [0, 0.05) is 12.5 Å².